The van der Waals surface area contributed by atoms with Crippen molar-refractivity contribution in [2.45, 2.75) is 45.1 Å². The van der Waals surface area contributed by atoms with Crippen LogP contribution in [0.1, 0.15) is 39.5 Å². The maximum absolute atomic E-state index is 12.4. The van der Waals surface area contributed by atoms with Gasteiger partial charge in [0.1, 0.15) is 0 Å². The van der Waals surface area contributed by atoms with Crippen LogP contribution >= 0.6 is 12.2 Å². The zero-order chi connectivity index (χ0) is 13.1. The Balaban J connectivity index is 1.66. The molecular weight excluding hydrogens is 244 g/mol. The van der Waals surface area contributed by atoms with Crippen molar-refractivity contribution in [1.82, 2.24) is 5.32 Å². The summed E-state index contributed by atoms with van der Waals surface area (Å²) in [5.74, 6) is 3.46. The zero-order valence-corrected chi connectivity index (χ0v) is 11.9. The molecule has 0 saturated heterocycles. The summed E-state index contributed by atoms with van der Waals surface area (Å²) in [4.78, 5) is 12.8. The van der Waals surface area contributed by atoms with Crippen molar-refractivity contribution in [2.75, 3.05) is 0 Å². The molecule has 18 heavy (non-hydrogen) atoms. The smallest absolute Gasteiger partial charge is 0.224 e. The lowest BCUT2D eigenvalue weighted by atomic mass is 9.96. The van der Waals surface area contributed by atoms with Gasteiger partial charge in [0.25, 0.3) is 0 Å². The van der Waals surface area contributed by atoms with Crippen LogP contribution in [-0.2, 0) is 4.79 Å². The van der Waals surface area contributed by atoms with Gasteiger partial charge in [0, 0.05) is 5.92 Å². The second kappa shape index (κ2) is 3.92. The average molecular weight is 266 g/mol. The molecule has 5 atom stereocenters. The molecule has 100 valence electrons. The molecule has 1 amide bonds. The summed E-state index contributed by atoms with van der Waals surface area (Å²) in [6, 6.07) is 0. The van der Waals surface area contributed by atoms with E-state index >= 15 is 0 Å². The number of carbonyl (C=O) groups is 1. The Labute approximate surface area is 114 Å². The summed E-state index contributed by atoms with van der Waals surface area (Å²) in [5.41, 5.74) is 5.24. The number of hydrogen-bond acceptors (Lipinski definition) is 2. The van der Waals surface area contributed by atoms with Gasteiger partial charge in [-0.25, -0.2) is 0 Å². The molecule has 5 unspecified atom stereocenters. The van der Waals surface area contributed by atoms with E-state index in [0.717, 1.165) is 18.3 Å². The molecule has 0 aromatic rings. The van der Waals surface area contributed by atoms with Crippen molar-refractivity contribution < 1.29 is 4.79 Å². The number of nitrogens with one attached hydrogen (secondary N) is 1. The summed E-state index contributed by atoms with van der Waals surface area (Å²) in [5, 5.41) is 3.10. The number of nitrogens with two attached hydrogens (primary N) is 1. The van der Waals surface area contributed by atoms with E-state index < -0.39 is 5.54 Å². The van der Waals surface area contributed by atoms with E-state index in [1.165, 1.54) is 19.3 Å². The van der Waals surface area contributed by atoms with Gasteiger partial charge in [-0.3, -0.25) is 4.79 Å². The molecule has 3 rings (SSSR count). The topological polar surface area (TPSA) is 55.1 Å². The second-order valence-electron chi connectivity index (χ2n) is 6.55. The Kier molecular flexibility index (Phi) is 2.70. The molecule has 0 aromatic heterocycles. The SMILES string of the molecule is CCC(C)(NC(=O)C1C2C3CCC(C3)C12)C(N)=S. The fraction of sp³-hybridized carbons (Fsp3) is 0.857. The van der Waals surface area contributed by atoms with Crippen molar-refractivity contribution in [3.05, 3.63) is 0 Å². The Morgan fingerprint density at radius 3 is 2.39 bits per heavy atom. The molecule has 3 fully saturated rings. The fourth-order valence-corrected chi connectivity index (χ4v) is 4.55. The lowest BCUT2D eigenvalue weighted by Crippen LogP contribution is -2.54. The van der Waals surface area contributed by atoms with Gasteiger partial charge in [-0.05, 0) is 56.3 Å². The molecule has 3 aliphatic rings. The largest absolute Gasteiger partial charge is 0.391 e. The van der Waals surface area contributed by atoms with Gasteiger partial charge in [0.15, 0.2) is 0 Å². The molecule has 3 aliphatic carbocycles. The van der Waals surface area contributed by atoms with Crippen LogP contribution in [0.4, 0.5) is 0 Å². The maximum Gasteiger partial charge on any atom is 0.224 e. The van der Waals surface area contributed by atoms with Crippen LogP contribution in [-0.4, -0.2) is 16.4 Å². The summed E-state index contributed by atoms with van der Waals surface area (Å²) in [6.07, 6.45) is 4.81. The third-order valence-corrected chi connectivity index (χ3v) is 6.14. The lowest BCUT2D eigenvalue weighted by molar-refractivity contribution is -0.124. The third kappa shape index (κ3) is 1.61. The Bertz CT molecular complexity index is 395. The van der Waals surface area contributed by atoms with Gasteiger partial charge in [0.05, 0.1) is 10.5 Å². The zero-order valence-electron chi connectivity index (χ0n) is 11.1. The van der Waals surface area contributed by atoms with E-state index in [1.807, 2.05) is 13.8 Å². The van der Waals surface area contributed by atoms with Gasteiger partial charge < -0.3 is 11.1 Å². The van der Waals surface area contributed by atoms with Crippen molar-refractivity contribution >= 4 is 23.1 Å². The van der Waals surface area contributed by atoms with Gasteiger partial charge in [-0.2, -0.15) is 0 Å². The lowest BCUT2D eigenvalue weighted by Gasteiger charge is -2.29. The monoisotopic (exact) mass is 266 g/mol. The molecular formula is C14H22N2OS. The van der Waals surface area contributed by atoms with Crippen molar-refractivity contribution in [3.8, 4) is 0 Å². The predicted molar refractivity (Wildman–Crippen MR) is 74.9 cm³/mol. The Morgan fingerprint density at radius 2 is 1.94 bits per heavy atom. The van der Waals surface area contributed by atoms with Crippen molar-refractivity contribution in [2.24, 2.45) is 35.3 Å². The summed E-state index contributed by atoms with van der Waals surface area (Å²) in [6.45, 7) is 3.94. The molecule has 0 aliphatic heterocycles. The number of amides is 1. The number of fused-ring (bicyclic) bond motifs is 5. The van der Waals surface area contributed by atoms with Gasteiger partial charge in [0.2, 0.25) is 5.91 Å². The molecule has 0 spiro atoms. The first kappa shape index (κ1) is 12.4. The van der Waals surface area contributed by atoms with E-state index in [9.17, 15) is 4.79 Å². The van der Waals surface area contributed by atoms with Crippen LogP contribution in [0.15, 0.2) is 0 Å². The van der Waals surface area contributed by atoms with Crippen LogP contribution < -0.4 is 11.1 Å². The third-order valence-electron chi connectivity index (χ3n) is 5.69. The molecule has 0 aromatic carbocycles. The van der Waals surface area contributed by atoms with Crippen LogP contribution in [0, 0.1) is 29.6 Å². The first-order chi connectivity index (χ1) is 8.48. The molecule has 0 heterocycles. The van der Waals surface area contributed by atoms with E-state index in [1.54, 1.807) is 0 Å². The quantitative estimate of drug-likeness (QED) is 0.764. The highest BCUT2D eigenvalue weighted by Crippen LogP contribution is 2.69. The van der Waals surface area contributed by atoms with Gasteiger partial charge in [-0.1, -0.05) is 19.1 Å². The predicted octanol–water partition coefficient (Wildman–Crippen LogP) is 1.85. The van der Waals surface area contributed by atoms with Gasteiger partial charge in [-0.15, -0.1) is 0 Å². The van der Waals surface area contributed by atoms with Gasteiger partial charge >= 0.3 is 0 Å². The second-order valence-corrected chi connectivity index (χ2v) is 6.99. The van der Waals surface area contributed by atoms with E-state index in [2.05, 4.69) is 5.32 Å². The highest BCUT2D eigenvalue weighted by molar-refractivity contribution is 7.80. The first-order valence-electron chi connectivity index (χ1n) is 7.10. The molecule has 3 saturated carbocycles. The summed E-state index contributed by atoms with van der Waals surface area (Å²) < 4.78 is 0. The molecule has 3 N–H and O–H groups in total. The van der Waals surface area contributed by atoms with Crippen molar-refractivity contribution in [3.63, 3.8) is 0 Å². The molecule has 4 heteroatoms. The number of carbonyl (C=O) groups excluding carboxylic acids is 1. The highest BCUT2D eigenvalue weighted by atomic mass is 32.1. The minimum Gasteiger partial charge on any atom is -0.391 e. The maximum atomic E-state index is 12.4. The Morgan fingerprint density at radius 1 is 1.39 bits per heavy atom. The number of rotatable bonds is 4. The minimum absolute atomic E-state index is 0.193. The Hall–Kier alpha value is -0.640. The molecule has 0 radical (unpaired) electrons. The number of thiocarbonyl (C=S) groups is 1. The fourth-order valence-electron chi connectivity index (χ4n) is 4.36. The first-order valence-corrected chi connectivity index (χ1v) is 7.50. The standard InChI is InChI=1S/C14H22N2OS/c1-3-14(2,13(15)18)16-12(17)11-9-7-4-5-8(6-7)10(9)11/h7-11H,3-6H2,1-2H3,(H2,15,18)(H,16,17). The minimum atomic E-state index is -0.512. The molecule has 3 nitrogen and oxygen atoms in total. The average Bonchev–Trinajstić information content (AvgIpc) is 2.79. The normalized spacial score (nSPS) is 43.1. The van der Waals surface area contributed by atoms with E-state index in [0.29, 0.717) is 16.8 Å². The van der Waals surface area contributed by atoms with Crippen LogP contribution in [0.25, 0.3) is 0 Å². The number of hydrogen-bond donors (Lipinski definition) is 2. The highest BCUT2D eigenvalue weighted by Gasteiger charge is 2.67. The molecule has 2 bridgehead atoms. The van der Waals surface area contributed by atoms with Crippen LogP contribution in [0.3, 0.4) is 0 Å². The van der Waals surface area contributed by atoms with Crippen LogP contribution in [0.2, 0.25) is 0 Å². The van der Waals surface area contributed by atoms with E-state index in [4.69, 9.17) is 18.0 Å². The van der Waals surface area contributed by atoms with E-state index in [-0.39, 0.29) is 11.8 Å². The van der Waals surface area contributed by atoms with Crippen LogP contribution in [0.5, 0.6) is 0 Å². The van der Waals surface area contributed by atoms with Crippen molar-refractivity contribution in [1.29, 1.82) is 0 Å². The summed E-state index contributed by atoms with van der Waals surface area (Å²) >= 11 is 5.08. The summed E-state index contributed by atoms with van der Waals surface area (Å²) in [7, 11) is 0.